The average molecular weight is 283 g/mol. The van der Waals surface area contributed by atoms with Crippen molar-refractivity contribution in [1.29, 1.82) is 5.41 Å². The van der Waals surface area contributed by atoms with Crippen molar-refractivity contribution in [2.75, 3.05) is 25.6 Å². The van der Waals surface area contributed by atoms with E-state index in [4.69, 9.17) is 15.9 Å². The number of methoxy groups -OCH3 is 1. The third-order valence-corrected chi connectivity index (χ3v) is 3.50. The van der Waals surface area contributed by atoms with E-state index in [-0.39, 0.29) is 5.84 Å². The summed E-state index contributed by atoms with van der Waals surface area (Å²) in [5.41, 5.74) is 8.64. The standard InChI is InChI=1S/C17H21N3O/c1-20(16-6-4-3-5-15(16)17(18)19)12-11-13-7-9-14(21-2)10-8-13/h3-10H,11-12H2,1-2H3,(H3,18,19). The van der Waals surface area contributed by atoms with E-state index >= 15 is 0 Å². The molecular formula is C17H21N3O. The molecule has 4 heteroatoms. The smallest absolute Gasteiger partial charge is 0.124 e. The lowest BCUT2D eigenvalue weighted by molar-refractivity contribution is 0.414. The van der Waals surface area contributed by atoms with Gasteiger partial charge in [-0.3, -0.25) is 5.41 Å². The Bertz CT molecular complexity index is 608. The van der Waals surface area contributed by atoms with Gasteiger partial charge < -0.3 is 15.4 Å². The number of likely N-dealkylation sites (N-methyl/N-ethyl adjacent to an activating group) is 1. The number of hydrogen-bond acceptors (Lipinski definition) is 3. The van der Waals surface area contributed by atoms with Gasteiger partial charge in [0.05, 0.1) is 7.11 Å². The van der Waals surface area contributed by atoms with Crippen molar-refractivity contribution < 1.29 is 4.74 Å². The van der Waals surface area contributed by atoms with E-state index in [1.807, 2.05) is 43.4 Å². The van der Waals surface area contributed by atoms with E-state index in [2.05, 4.69) is 17.0 Å². The Kier molecular flexibility index (Phi) is 4.82. The zero-order valence-corrected chi connectivity index (χ0v) is 12.5. The topological polar surface area (TPSA) is 62.3 Å². The molecule has 0 fully saturated rings. The molecule has 21 heavy (non-hydrogen) atoms. The predicted molar refractivity (Wildman–Crippen MR) is 87.4 cm³/mol. The largest absolute Gasteiger partial charge is 0.497 e. The predicted octanol–water partition coefficient (Wildman–Crippen LogP) is 2.66. The summed E-state index contributed by atoms with van der Waals surface area (Å²) >= 11 is 0. The number of hydrogen-bond donors (Lipinski definition) is 2. The van der Waals surface area contributed by atoms with Crippen molar-refractivity contribution in [3.63, 3.8) is 0 Å². The van der Waals surface area contributed by atoms with Crippen LogP contribution < -0.4 is 15.4 Å². The Labute approximate surface area is 125 Å². The quantitative estimate of drug-likeness (QED) is 0.633. The Hall–Kier alpha value is -2.49. The number of anilines is 1. The number of nitrogens with zero attached hydrogens (tertiary/aromatic N) is 1. The van der Waals surface area contributed by atoms with Crippen LogP contribution in [0.25, 0.3) is 0 Å². The summed E-state index contributed by atoms with van der Waals surface area (Å²) < 4.78 is 5.16. The van der Waals surface area contributed by atoms with E-state index in [1.54, 1.807) is 7.11 Å². The summed E-state index contributed by atoms with van der Waals surface area (Å²) in [5, 5.41) is 7.65. The number of amidine groups is 1. The molecule has 2 rings (SSSR count). The fraction of sp³-hybridized carbons (Fsp3) is 0.235. The molecule has 0 aromatic heterocycles. The monoisotopic (exact) mass is 283 g/mol. The minimum absolute atomic E-state index is 0.0990. The van der Waals surface area contributed by atoms with Crippen molar-refractivity contribution in [2.24, 2.45) is 5.73 Å². The first-order chi connectivity index (χ1) is 10.1. The lowest BCUT2D eigenvalue weighted by Gasteiger charge is -2.22. The Morgan fingerprint density at radius 1 is 1.14 bits per heavy atom. The van der Waals surface area contributed by atoms with Gasteiger partial charge in [0.2, 0.25) is 0 Å². The number of ether oxygens (including phenoxy) is 1. The molecule has 4 nitrogen and oxygen atoms in total. The first kappa shape index (κ1) is 14.9. The van der Waals surface area contributed by atoms with Crippen LogP contribution in [0.4, 0.5) is 5.69 Å². The number of nitrogen functional groups attached to an aromatic ring is 1. The normalized spacial score (nSPS) is 10.2. The van der Waals surface area contributed by atoms with Crippen LogP contribution in [-0.4, -0.2) is 26.5 Å². The molecule has 0 amide bonds. The van der Waals surface area contributed by atoms with Crippen LogP contribution in [0.15, 0.2) is 48.5 Å². The van der Waals surface area contributed by atoms with Gasteiger partial charge in [0.1, 0.15) is 11.6 Å². The third kappa shape index (κ3) is 3.75. The van der Waals surface area contributed by atoms with Crippen molar-refractivity contribution >= 4 is 11.5 Å². The number of benzene rings is 2. The Balaban J connectivity index is 2.04. The number of rotatable bonds is 6. The van der Waals surface area contributed by atoms with Crippen LogP contribution in [0.3, 0.4) is 0 Å². The fourth-order valence-corrected chi connectivity index (χ4v) is 2.24. The second-order valence-corrected chi connectivity index (χ2v) is 4.95. The number of nitrogens with two attached hydrogens (primary N) is 1. The minimum atomic E-state index is 0.0990. The van der Waals surface area contributed by atoms with Crippen LogP contribution >= 0.6 is 0 Å². The maximum absolute atomic E-state index is 7.65. The maximum Gasteiger partial charge on any atom is 0.124 e. The van der Waals surface area contributed by atoms with E-state index < -0.39 is 0 Å². The van der Waals surface area contributed by atoms with Gasteiger partial charge in [-0.2, -0.15) is 0 Å². The van der Waals surface area contributed by atoms with Crippen LogP contribution in [0, 0.1) is 5.41 Å². The van der Waals surface area contributed by atoms with E-state index in [9.17, 15) is 0 Å². The molecule has 0 heterocycles. The van der Waals surface area contributed by atoms with Gasteiger partial charge in [0.25, 0.3) is 0 Å². The molecule has 0 atom stereocenters. The molecule has 2 aromatic carbocycles. The van der Waals surface area contributed by atoms with Crippen molar-refractivity contribution in [2.45, 2.75) is 6.42 Å². The fourth-order valence-electron chi connectivity index (χ4n) is 2.24. The molecule has 0 bridgehead atoms. The molecule has 0 aliphatic heterocycles. The first-order valence-corrected chi connectivity index (χ1v) is 6.89. The highest BCUT2D eigenvalue weighted by atomic mass is 16.5. The zero-order valence-electron chi connectivity index (χ0n) is 12.5. The molecule has 0 aliphatic rings. The Morgan fingerprint density at radius 2 is 1.81 bits per heavy atom. The molecule has 3 N–H and O–H groups in total. The SMILES string of the molecule is COc1ccc(CCN(C)c2ccccc2C(=N)N)cc1. The molecule has 0 spiro atoms. The van der Waals surface area contributed by atoms with Gasteiger partial charge in [-0.05, 0) is 36.2 Å². The summed E-state index contributed by atoms with van der Waals surface area (Å²) in [6, 6.07) is 15.8. The second kappa shape index (κ2) is 6.79. The van der Waals surface area contributed by atoms with Crippen molar-refractivity contribution in [1.82, 2.24) is 0 Å². The van der Waals surface area contributed by atoms with Crippen molar-refractivity contribution in [3.8, 4) is 5.75 Å². The molecule has 0 saturated carbocycles. The van der Waals surface area contributed by atoms with Crippen LogP contribution in [0.1, 0.15) is 11.1 Å². The van der Waals surface area contributed by atoms with E-state index in [0.717, 1.165) is 30.0 Å². The molecule has 0 unspecified atom stereocenters. The molecular weight excluding hydrogens is 262 g/mol. The summed E-state index contributed by atoms with van der Waals surface area (Å²) in [6.07, 6.45) is 0.923. The summed E-state index contributed by atoms with van der Waals surface area (Å²) in [5.74, 6) is 0.968. The first-order valence-electron chi connectivity index (χ1n) is 6.89. The number of para-hydroxylation sites is 1. The van der Waals surface area contributed by atoms with Gasteiger partial charge in [-0.1, -0.05) is 24.3 Å². The average Bonchev–Trinajstić information content (AvgIpc) is 2.53. The number of nitrogens with one attached hydrogen (secondary N) is 1. The summed E-state index contributed by atoms with van der Waals surface area (Å²) in [4.78, 5) is 2.13. The molecule has 0 saturated heterocycles. The highest BCUT2D eigenvalue weighted by molar-refractivity contribution is 6.00. The molecule has 2 aromatic rings. The van der Waals surface area contributed by atoms with Crippen LogP contribution in [0.2, 0.25) is 0 Å². The van der Waals surface area contributed by atoms with Gasteiger partial charge in [0, 0.05) is 24.8 Å². The van der Waals surface area contributed by atoms with Gasteiger partial charge in [-0.25, -0.2) is 0 Å². The highest BCUT2D eigenvalue weighted by Crippen LogP contribution is 2.19. The van der Waals surface area contributed by atoms with Gasteiger partial charge in [-0.15, -0.1) is 0 Å². The van der Waals surface area contributed by atoms with Gasteiger partial charge >= 0.3 is 0 Å². The Morgan fingerprint density at radius 3 is 2.43 bits per heavy atom. The zero-order chi connectivity index (χ0) is 15.2. The molecule has 0 radical (unpaired) electrons. The van der Waals surface area contributed by atoms with E-state index in [0.29, 0.717) is 0 Å². The minimum Gasteiger partial charge on any atom is -0.497 e. The molecule has 110 valence electrons. The van der Waals surface area contributed by atoms with Gasteiger partial charge in [0.15, 0.2) is 0 Å². The van der Waals surface area contributed by atoms with E-state index in [1.165, 1.54) is 5.56 Å². The summed E-state index contributed by atoms with van der Waals surface area (Å²) in [7, 11) is 3.69. The van der Waals surface area contributed by atoms with Crippen LogP contribution in [-0.2, 0) is 6.42 Å². The molecule has 0 aliphatic carbocycles. The third-order valence-electron chi connectivity index (χ3n) is 3.50. The van der Waals surface area contributed by atoms with Crippen LogP contribution in [0.5, 0.6) is 5.75 Å². The lowest BCUT2D eigenvalue weighted by Crippen LogP contribution is -2.24. The highest BCUT2D eigenvalue weighted by Gasteiger charge is 2.09. The second-order valence-electron chi connectivity index (χ2n) is 4.95. The summed E-state index contributed by atoms with van der Waals surface area (Å²) in [6.45, 7) is 0.858. The van der Waals surface area contributed by atoms with Crippen molar-refractivity contribution in [3.05, 3.63) is 59.7 Å². The maximum atomic E-state index is 7.65. The lowest BCUT2D eigenvalue weighted by atomic mass is 10.1.